The lowest BCUT2D eigenvalue weighted by atomic mass is 9.93. The van der Waals surface area contributed by atoms with E-state index in [1.54, 1.807) is 23.3 Å². The van der Waals surface area contributed by atoms with Crippen LogP contribution in [0, 0.1) is 5.92 Å². The summed E-state index contributed by atoms with van der Waals surface area (Å²) in [6, 6.07) is 3.55. The van der Waals surface area contributed by atoms with Gasteiger partial charge >= 0.3 is 5.97 Å². The number of hydrogen-bond acceptors (Lipinski definition) is 3. The highest BCUT2D eigenvalue weighted by atomic mass is 16.4. The molecular formula is C13H17NO4. The molecule has 18 heavy (non-hydrogen) atoms. The van der Waals surface area contributed by atoms with E-state index < -0.39 is 5.97 Å². The van der Waals surface area contributed by atoms with E-state index in [1.165, 1.54) is 0 Å². The second-order valence-corrected chi connectivity index (χ2v) is 4.68. The van der Waals surface area contributed by atoms with Crippen molar-refractivity contribution in [2.45, 2.75) is 25.7 Å². The number of hydrogen-bond donors (Lipinski definition) is 1. The quantitative estimate of drug-likeness (QED) is 0.881. The van der Waals surface area contributed by atoms with Crippen LogP contribution < -0.4 is 0 Å². The van der Waals surface area contributed by atoms with Gasteiger partial charge in [0.05, 0.1) is 12.7 Å². The molecule has 0 spiro atoms. The van der Waals surface area contributed by atoms with Crippen molar-refractivity contribution in [3.8, 4) is 0 Å². The predicted molar refractivity (Wildman–Crippen MR) is 64.0 cm³/mol. The Balaban J connectivity index is 1.79. The summed E-state index contributed by atoms with van der Waals surface area (Å²) in [5.41, 5.74) is 0. The maximum absolute atomic E-state index is 11.9. The summed E-state index contributed by atoms with van der Waals surface area (Å²) in [6.45, 7) is 1.30. The summed E-state index contributed by atoms with van der Waals surface area (Å²) in [5, 5.41) is 8.72. The zero-order valence-electron chi connectivity index (χ0n) is 10.2. The fourth-order valence-corrected chi connectivity index (χ4v) is 2.31. The van der Waals surface area contributed by atoms with Gasteiger partial charge in [0.25, 0.3) is 0 Å². The van der Waals surface area contributed by atoms with Gasteiger partial charge in [0.1, 0.15) is 5.76 Å². The molecular weight excluding hydrogens is 234 g/mol. The number of likely N-dealkylation sites (tertiary alicyclic amines) is 1. The molecule has 98 valence electrons. The normalized spacial score (nSPS) is 16.8. The maximum atomic E-state index is 11.9. The Morgan fingerprint density at radius 3 is 2.67 bits per heavy atom. The van der Waals surface area contributed by atoms with Crippen LogP contribution in [-0.4, -0.2) is 35.0 Å². The summed E-state index contributed by atoms with van der Waals surface area (Å²) in [4.78, 5) is 24.3. The minimum atomic E-state index is -0.754. The van der Waals surface area contributed by atoms with Gasteiger partial charge in [-0.1, -0.05) is 0 Å². The lowest BCUT2D eigenvalue weighted by Gasteiger charge is -2.31. The van der Waals surface area contributed by atoms with Crippen LogP contribution in [0.25, 0.3) is 0 Å². The van der Waals surface area contributed by atoms with Gasteiger partial charge in [0.2, 0.25) is 5.91 Å². The zero-order valence-corrected chi connectivity index (χ0v) is 10.2. The molecule has 1 aliphatic rings. The number of nitrogens with zero attached hydrogens (tertiary/aromatic N) is 1. The topological polar surface area (TPSA) is 70.8 Å². The smallest absolute Gasteiger partial charge is 0.303 e. The van der Waals surface area contributed by atoms with Gasteiger partial charge in [-0.05, 0) is 30.9 Å². The number of carbonyl (C=O) groups is 2. The molecule has 0 aliphatic carbocycles. The molecule has 5 nitrogen and oxygen atoms in total. The minimum absolute atomic E-state index is 0.0544. The Hall–Kier alpha value is -1.78. The number of amides is 1. The van der Waals surface area contributed by atoms with Crippen LogP contribution in [0.3, 0.4) is 0 Å². The van der Waals surface area contributed by atoms with Crippen LogP contribution in [-0.2, 0) is 16.0 Å². The van der Waals surface area contributed by atoms with Gasteiger partial charge in [-0.25, -0.2) is 0 Å². The van der Waals surface area contributed by atoms with Crippen molar-refractivity contribution in [1.29, 1.82) is 0 Å². The van der Waals surface area contributed by atoms with Gasteiger partial charge in [0, 0.05) is 19.5 Å². The Labute approximate surface area is 105 Å². The molecule has 0 unspecified atom stereocenters. The number of rotatable bonds is 4. The van der Waals surface area contributed by atoms with Gasteiger partial charge in [0.15, 0.2) is 0 Å². The number of piperidine rings is 1. The van der Waals surface area contributed by atoms with Crippen LogP contribution in [0.1, 0.15) is 25.0 Å². The van der Waals surface area contributed by atoms with E-state index in [0.29, 0.717) is 18.8 Å². The van der Waals surface area contributed by atoms with Crippen molar-refractivity contribution >= 4 is 11.9 Å². The van der Waals surface area contributed by atoms with E-state index in [9.17, 15) is 9.59 Å². The molecule has 0 radical (unpaired) electrons. The SMILES string of the molecule is O=C(O)CC1CCN(C(=O)Cc2ccco2)CC1. The largest absolute Gasteiger partial charge is 0.481 e. The fraction of sp³-hybridized carbons (Fsp3) is 0.538. The van der Waals surface area contributed by atoms with Crippen LogP contribution in [0.4, 0.5) is 0 Å². The molecule has 1 aliphatic heterocycles. The van der Waals surface area contributed by atoms with Crippen molar-refractivity contribution in [2.75, 3.05) is 13.1 Å². The Morgan fingerprint density at radius 2 is 2.11 bits per heavy atom. The highest BCUT2D eigenvalue weighted by molar-refractivity contribution is 5.78. The fourth-order valence-electron chi connectivity index (χ4n) is 2.31. The van der Waals surface area contributed by atoms with Gasteiger partial charge in [-0.2, -0.15) is 0 Å². The van der Waals surface area contributed by atoms with Crippen LogP contribution >= 0.6 is 0 Å². The monoisotopic (exact) mass is 251 g/mol. The zero-order chi connectivity index (χ0) is 13.0. The summed E-state index contributed by atoms with van der Waals surface area (Å²) in [5.74, 6) is 0.178. The van der Waals surface area contributed by atoms with E-state index in [0.717, 1.165) is 12.8 Å². The highest BCUT2D eigenvalue weighted by Gasteiger charge is 2.24. The lowest BCUT2D eigenvalue weighted by Crippen LogP contribution is -2.39. The van der Waals surface area contributed by atoms with E-state index in [4.69, 9.17) is 9.52 Å². The average Bonchev–Trinajstić information content (AvgIpc) is 2.82. The molecule has 1 aromatic heterocycles. The first-order valence-corrected chi connectivity index (χ1v) is 6.17. The minimum Gasteiger partial charge on any atom is -0.481 e. The molecule has 1 saturated heterocycles. The molecule has 2 rings (SSSR count). The summed E-state index contributed by atoms with van der Waals surface area (Å²) >= 11 is 0. The van der Waals surface area contributed by atoms with E-state index >= 15 is 0 Å². The second kappa shape index (κ2) is 5.71. The first kappa shape index (κ1) is 12.7. The number of furan rings is 1. The summed E-state index contributed by atoms with van der Waals surface area (Å²) < 4.78 is 5.14. The highest BCUT2D eigenvalue weighted by Crippen LogP contribution is 2.21. The number of aliphatic carboxylic acids is 1. The Morgan fingerprint density at radius 1 is 1.39 bits per heavy atom. The standard InChI is InChI=1S/C13H17NO4/c15-12(9-11-2-1-7-18-11)14-5-3-10(4-6-14)8-13(16)17/h1-2,7,10H,3-6,8-9H2,(H,16,17). The first-order valence-electron chi connectivity index (χ1n) is 6.17. The van der Waals surface area contributed by atoms with Gasteiger partial charge in [-0.15, -0.1) is 0 Å². The molecule has 1 amide bonds. The van der Waals surface area contributed by atoms with Crippen molar-refractivity contribution in [1.82, 2.24) is 4.90 Å². The Bertz CT molecular complexity index is 405. The van der Waals surface area contributed by atoms with Crippen molar-refractivity contribution in [3.05, 3.63) is 24.2 Å². The summed E-state index contributed by atoms with van der Waals surface area (Å²) in [6.07, 6.45) is 3.60. The average molecular weight is 251 g/mol. The summed E-state index contributed by atoms with van der Waals surface area (Å²) in [7, 11) is 0. The number of carbonyl (C=O) groups excluding carboxylic acids is 1. The molecule has 0 bridgehead atoms. The van der Waals surface area contributed by atoms with Crippen molar-refractivity contribution < 1.29 is 19.1 Å². The van der Waals surface area contributed by atoms with Crippen LogP contribution in [0.15, 0.2) is 22.8 Å². The van der Waals surface area contributed by atoms with Crippen LogP contribution in [0.5, 0.6) is 0 Å². The molecule has 0 saturated carbocycles. The molecule has 0 atom stereocenters. The third-order valence-corrected chi connectivity index (χ3v) is 3.34. The first-order chi connectivity index (χ1) is 8.65. The lowest BCUT2D eigenvalue weighted by molar-refractivity contribution is -0.138. The van der Waals surface area contributed by atoms with Crippen molar-refractivity contribution in [3.63, 3.8) is 0 Å². The Kier molecular flexibility index (Phi) is 4.02. The van der Waals surface area contributed by atoms with E-state index in [1.807, 2.05) is 0 Å². The second-order valence-electron chi connectivity index (χ2n) is 4.68. The third kappa shape index (κ3) is 3.35. The van der Waals surface area contributed by atoms with E-state index in [-0.39, 0.29) is 24.7 Å². The molecule has 2 heterocycles. The number of carboxylic acid groups (broad SMARTS) is 1. The van der Waals surface area contributed by atoms with Gasteiger partial charge in [-0.3, -0.25) is 9.59 Å². The van der Waals surface area contributed by atoms with Gasteiger partial charge < -0.3 is 14.4 Å². The predicted octanol–water partition coefficient (Wildman–Crippen LogP) is 1.54. The molecule has 5 heteroatoms. The molecule has 1 fully saturated rings. The molecule has 1 N–H and O–H groups in total. The molecule has 0 aromatic carbocycles. The van der Waals surface area contributed by atoms with Crippen molar-refractivity contribution in [2.24, 2.45) is 5.92 Å². The third-order valence-electron chi connectivity index (χ3n) is 3.34. The molecule has 1 aromatic rings. The van der Waals surface area contributed by atoms with Crippen LogP contribution in [0.2, 0.25) is 0 Å². The van der Waals surface area contributed by atoms with E-state index in [2.05, 4.69) is 0 Å². The number of carboxylic acids is 1. The maximum Gasteiger partial charge on any atom is 0.303 e.